The molecule has 1 heterocycles. The minimum atomic E-state index is -0.461. The van der Waals surface area contributed by atoms with E-state index in [1.54, 1.807) is 0 Å². The van der Waals surface area contributed by atoms with Gasteiger partial charge < -0.3 is 5.73 Å². The Morgan fingerprint density at radius 1 is 1.40 bits per heavy atom. The van der Waals surface area contributed by atoms with E-state index >= 15 is 0 Å². The van der Waals surface area contributed by atoms with Crippen LogP contribution in [-0.4, -0.2) is 10.9 Å². The molecule has 0 atom stereocenters. The number of benzene rings is 1. The highest BCUT2D eigenvalue weighted by Gasteiger charge is 2.09. The Hall–Kier alpha value is -1.90. The Labute approximate surface area is 87.9 Å². The molecular weight excluding hydrogens is 188 g/mol. The van der Waals surface area contributed by atoms with Gasteiger partial charge in [0.1, 0.15) is 5.69 Å². The highest BCUT2D eigenvalue weighted by molar-refractivity contribution is 5.95. The molecule has 1 aromatic heterocycles. The minimum absolute atomic E-state index is 0.385. The van der Waals surface area contributed by atoms with Gasteiger partial charge in [-0.25, -0.2) is 4.98 Å². The quantitative estimate of drug-likeness (QED) is 0.804. The molecule has 3 heteroatoms. The number of amides is 1. The van der Waals surface area contributed by atoms with E-state index in [9.17, 15) is 4.79 Å². The zero-order valence-electron chi connectivity index (χ0n) is 8.53. The molecule has 0 radical (unpaired) electrons. The largest absolute Gasteiger partial charge is 0.364 e. The Kier molecular flexibility index (Phi) is 2.37. The molecule has 0 bridgehead atoms. The van der Waals surface area contributed by atoms with Gasteiger partial charge in [-0.15, -0.1) is 0 Å². The second-order valence-corrected chi connectivity index (χ2v) is 3.41. The molecule has 0 aliphatic rings. The summed E-state index contributed by atoms with van der Waals surface area (Å²) in [5.41, 5.74) is 7.38. The number of pyridine rings is 1. The number of aryl methyl sites for hydroxylation is 1. The summed E-state index contributed by atoms with van der Waals surface area (Å²) < 4.78 is 0. The van der Waals surface area contributed by atoms with Crippen molar-refractivity contribution in [2.45, 2.75) is 13.3 Å². The molecule has 15 heavy (non-hydrogen) atoms. The SMILES string of the molecule is CCc1cc2ccccc2nc1C(N)=O. The molecule has 0 spiro atoms. The van der Waals surface area contributed by atoms with Crippen LogP contribution in [0.4, 0.5) is 0 Å². The number of para-hydroxylation sites is 1. The van der Waals surface area contributed by atoms with Crippen LogP contribution in [0.25, 0.3) is 10.9 Å². The summed E-state index contributed by atoms with van der Waals surface area (Å²) in [7, 11) is 0. The number of nitrogens with zero attached hydrogens (tertiary/aromatic N) is 1. The second-order valence-electron chi connectivity index (χ2n) is 3.41. The molecule has 2 rings (SSSR count). The third-order valence-electron chi connectivity index (χ3n) is 2.42. The van der Waals surface area contributed by atoms with Crippen molar-refractivity contribution >= 4 is 16.8 Å². The van der Waals surface area contributed by atoms with Crippen molar-refractivity contribution in [3.63, 3.8) is 0 Å². The van der Waals surface area contributed by atoms with Crippen LogP contribution in [0.5, 0.6) is 0 Å². The van der Waals surface area contributed by atoms with E-state index in [2.05, 4.69) is 4.98 Å². The van der Waals surface area contributed by atoms with Crippen LogP contribution in [0, 0.1) is 0 Å². The number of hydrogen-bond acceptors (Lipinski definition) is 2. The molecule has 1 amide bonds. The van der Waals surface area contributed by atoms with Crippen LogP contribution in [0.15, 0.2) is 30.3 Å². The van der Waals surface area contributed by atoms with Crippen LogP contribution >= 0.6 is 0 Å². The van der Waals surface area contributed by atoms with Gasteiger partial charge in [0, 0.05) is 5.39 Å². The molecule has 1 aromatic carbocycles. The summed E-state index contributed by atoms with van der Waals surface area (Å²) >= 11 is 0. The fraction of sp³-hybridized carbons (Fsp3) is 0.167. The summed E-state index contributed by atoms with van der Waals surface area (Å²) in [6.07, 6.45) is 0.760. The summed E-state index contributed by atoms with van der Waals surface area (Å²) in [6.45, 7) is 1.98. The summed E-state index contributed by atoms with van der Waals surface area (Å²) in [6, 6.07) is 9.68. The molecule has 0 saturated heterocycles. The smallest absolute Gasteiger partial charge is 0.267 e. The number of nitrogens with two attached hydrogens (primary N) is 1. The first-order valence-electron chi connectivity index (χ1n) is 4.91. The van der Waals surface area contributed by atoms with Gasteiger partial charge >= 0.3 is 0 Å². The van der Waals surface area contributed by atoms with Crippen LogP contribution in [0.3, 0.4) is 0 Å². The molecule has 0 aliphatic carbocycles. The molecule has 0 unspecified atom stereocenters. The number of rotatable bonds is 2. The van der Waals surface area contributed by atoms with Crippen LogP contribution in [0.2, 0.25) is 0 Å². The molecule has 0 saturated carbocycles. The van der Waals surface area contributed by atoms with Crippen LogP contribution in [0.1, 0.15) is 23.0 Å². The topological polar surface area (TPSA) is 56.0 Å². The lowest BCUT2D eigenvalue weighted by Gasteiger charge is -2.05. The fourth-order valence-electron chi connectivity index (χ4n) is 1.64. The minimum Gasteiger partial charge on any atom is -0.364 e. The van der Waals surface area contributed by atoms with E-state index in [1.165, 1.54) is 0 Å². The van der Waals surface area contributed by atoms with Gasteiger partial charge in [-0.3, -0.25) is 4.79 Å². The number of primary amides is 1. The maximum absolute atomic E-state index is 11.2. The summed E-state index contributed by atoms with van der Waals surface area (Å²) in [5, 5.41) is 1.04. The average Bonchev–Trinajstić information content (AvgIpc) is 2.27. The fourth-order valence-corrected chi connectivity index (χ4v) is 1.64. The van der Waals surface area contributed by atoms with Gasteiger partial charge in [0.05, 0.1) is 5.52 Å². The molecule has 3 nitrogen and oxygen atoms in total. The van der Waals surface area contributed by atoms with Crippen LogP contribution < -0.4 is 5.73 Å². The zero-order chi connectivity index (χ0) is 10.8. The highest BCUT2D eigenvalue weighted by atomic mass is 16.1. The number of carbonyl (C=O) groups excluding carboxylic acids is 1. The molecule has 0 fully saturated rings. The second kappa shape index (κ2) is 3.69. The standard InChI is InChI=1S/C12H12N2O/c1-2-8-7-9-5-3-4-6-10(9)14-11(8)12(13)15/h3-7H,2H2,1H3,(H2,13,15). The number of carbonyl (C=O) groups is 1. The highest BCUT2D eigenvalue weighted by Crippen LogP contribution is 2.16. The van der Waals surface area contributed by atoms with Gasteiger partial charge in [-0.1, -0.05) is 25.1 Å². The van der Waals surface area contributed by atoms with Crippen molar-refractivity contribution in [2.24, 2.45) is 5.73 Å². The zero-order valence-corrected chi connectivity index (χ0v) is 8.53. The maximum Gasteiger partial charge on any atom is 0.267 e. The maximum atomic E-state index is 11.2. The molecule has 2 aromatic rings. The van der Waals surface area contributed by atoms with Gasteiger partial charge in [-0.2, -0.15) is 0 Å². The lowest BCUT2D eigenvalue weighted by atomic mass is 10.1. The molecule has 2 N–H and O–H groups in total. The van der Waals surface area contributed by atoms with Crippen molar-refractivity contribution in [3.8, 4) is 0 Å². The lowest BCUT2D eigenvalue weighted by molar-refractivity contribution is 0.0995. The van der Waals surface area contributed by atoms with E-state index in [0.29, 0.717) is 5.69 Å². The summed E-state index contributed by atoms with van der Waals surface area (Å²) in [4.78, 5) is 15.5. The molecular formula is C12H12N2O. The number of fused-ring (bicyclic) bond motifs is 1. The van der Waals surface area contributed by atoms with Gasteiger partial charge in [-0.05, 0) is 24.1 Å². The predicted octanol–water partition coefficient (Wildman–Crippen LogP) is 1.90. The van der Waals surface area contributed by atoms with E-state index in [1.807, 2.05) is 37.3 Å². The monoisotopic (exact) mass is 200 g/mol. The van der Waals surface area contributed by atoms with Crippen molar-refractivity contribution in [3.05, 3.63) is 41.6 Å². The van der Waals surface area contributed by atoms with Crippen molar-refractivity contribution in [1.29, 1.82) is 0 Å². The average molecular weight is 200 g/mol. The predicted molar refractivity (Wildman–Crippen MR) is 59.6 cm³/mol. The van der Waals surface area contributed by atoms with E-state index in [4.69, 9.17) is 5.73 Å². The first kappa shape index (κ1) is 9.65. The first-order valence-corrected chi connectivity index (χ1v) is 4.91. The Bertz CT molecular complexity index is 520. The molecule has 0 aliphatic heterocycles. The van der Waals surface area contributed by atoms with Gasteiger partial charge in [0.25, 0.3) is 5.91 Å². The third-order valence-corrected chi connectivity index (χ3v) is 2.42. The third kappa shape index (κ3) is 1.68. The normalized spacial score (nSPS) is 10.5. The number of aromatic nitrogens is 1. The van der Waals surface area contributed by atoms with Crippen molar-refractivity contribution < 1.29 is 4.79 Å². The Balaban J connectivity index is 2.74. The van der Waals surface area contributed by atoms with Crippen molar-refractivity contribution in [2.75, 3.05) is 0 Å². The first-order chi connectivity index (χ1) is 7.22. The van der Waals surface area contributed by atoms with Crippen molar-refractivity contribution in [1.82, 2.24) is 4.98 Å². The van der Waals surface area contributed by atoms with E-state index in [-0.39, 0.29) is 0 Å². The van der Waals surface area contributed by atoms with Crippen LogP contribution in [-0.2, 0) is 6.42 Å². The van der Waals surface area contributed by atoms with E-state index in [0.717, 1.165) is 22.9 Å². The van der Waals surface area contributed by atoms with Gasteiger partial charge in [0.15, 0.2) is 0 Å². The van der Waals surface area contributed by atoms with E-state index < -0.39 is 5.91 Å². The summed E-state index contributed by atoms with van der Waals surface area (Å²) in [5.74, 6) is -0.461. The Morgan fingerprint density at radius 3 is 2.80 bits per heavy atom. The molecule has 76 valence electrons. The Morgan fingerprint density at radius 2 is 2.13 bits per heavy atom. The van der Waals surface area contributed by atoms with Gasteiger partial charge in [0.2, 0.25) is 0 Å². The lowest BCUT2D eigenvalue weighted by Crippen LogP contribution is -2.15. The number of hydrogen-bond donors (Lipinski definition) is 1.